The van der Waals surface area contributed by atoms with Crippen LogP contribution in [0.2, 0.25) is 5.02 Å². The van der Waals surface area contributed by atoms with Crippen molar-refractivity contribution in [1.82, 2.24) is 9.88 Å². The van der Waals surface area contributed by atoms with Crippen LogP contribution in [0, 0.1) is 0 Å². The van der Waals surface area contributed by atoms with Gasteiger partial charge in [-0.05, 0) is 32.8 Å². The molecule has 0 saturated heterocycles. The molecule has 106 valence electrons. The van der Waals surface area contributed by atoms with Crippen molar-refractivity contribution < 1.29 is 9.90 Å². The minimum absolute atomic E-state index is 0.143. The highest BCUT2D eigenvalue weighted by molar-refractivity contribution is 6.31. The molecule has 2 N–H and O–H groups in total. The maximum Gasteiger partial charge on any atom is 0.268 e. The molecule has 0 bridgehead atoms. The van der Waals surface area contributed by atoms with E-state index in [4.69, 9.17) is 11.6 Å². The van der Waals surface area contributed by atoms with Crippen LogP contribution in [0.1, 0.15) is 56.1 Å². The lowest BCUT2D eigenvalue weighted by atomic mass is 9.92. The van der Waals surface area contributed by atoms with E-state index in [1.165, 1.54) is 0 Å². The van der Waals surface area contributed by atoms with Crippen molar-refractivity contribution in [3.8, 4) is 0 Å². The molecular formula is C14H21ClN2O2. The number of nitrogens with zero attached hydrogens (tertiary/aromatic N) is 1. The Morgan fingerprint density at radius 3 is 2.79 bits per heavy atom. The van der Waals surface area contributed by atoms with Crippen LogP contribution in [0.5, 0.6) is 0 Å². The first-order valence-corrected chi connectivity index (χ1v) is 7.23. The Labute approximate surface area is 118 Å². The van der Waals surface area contributed by atoms with Crippen molar-refractivity contribution >= 4 is 17.5 Å². The Morgan fingerprint density at radius 1 is 1.47 bits per heavy atom. The smallest absolute Gasteiger partial charge is 0.268 e. The molecule has 0 spiro atoms. The van der Waals surface area contributed by atoms with Crippen LogP contribution < -0.4 is 5.32 Å². The molecule has 1 aliphatic carbocycles. The highest BCUT2D eigenvalue weighted by Crippen LogP contribution is 2.21. The molecule has 2 atom stereocenters. The zero-order valence-electron chi connectivity index (χ0n) is 11.4. The zero-order valence-corrected chi connectivity index (χ0v) is 12.2. The quantitative estimate of drug-likeness (QED) is 0.897. The van der Waals surface area contributed by atoms with Gasteiger partial charge < -0.3 is 15.0 Å². The van der Waals surface area contributed by atoms with Gasteiger partial charge in [-0.3, -0.25) is 4.79 Å². The monoisotopic (exact) mass is 284 g/mol. The molecule has 1 aromatic rings. The molecule has 1 heterocycles. The van der Waals surface area contributed by atoms with Gasteiger partial charge in [-0.2, -0.15) is 0 Å². The van der Waals surface area contributed by atoms with Crippen LogP contribution in [-0.4, -0.2) is 27.7 Å². The minimum atomic E-state index is -0.435. The third kappa shape index (κ3) is 3.31. The van der Waals surface area contributed by atoms with E-state index in [1.54, 1.807) is 12.3 Å². The van der Waals surface area contributed by atoms with Gasteiger partial charge in [0.25, 0.3) is 5.91 Å². The number of carbonyl (C=O) groups is 1. The molecule has 0 aliphatic heterocycles. The SMILES string of the molecule is CC(C)n1cc(Cl)cc1C(=O)N[C@H]1CCCC[C@@H]1O. The summed E-state index contributed by atoms with van der Waals surface area (Å²) in [5.74, 6) is -0.161. The van der Waals surface area contributed by atoms with Crippen LogP contribution >= 0.6 is 11.6 Å². The van der Waals surface area contributed by atoms with E-state index < -0.39 is 6.10 Å². The van der Waals surface area contributed by atoms with Gasteiger partial charge in [0, 0.05) is 12.2 Å². The maximum absolute atomic E-state index is 12.3. The third-order valence-electron chi connectivity index (χ3n) is 3.65. The largest absolute Gasteiger partial charge is 0.391 e. The Morgan fingerprint density at radius 2 is 2.16 bits per heavy atom. The lowest BCUT2D eigenvalue weighted by molar-refractivity contribution is 0.0710. The summed E-state index contributed by atoms with van der Waals surface area (Å²) in [6.45, 7) is 4.01. The van der Waals surface area contributed by atoms with Crippen molar-refractivity contribution in [2.75, 3.05) is 0 Å². The number of aliphatic hydroxyl groups excluding tert-OH is 1. The van der Waals surface area contributed by atoms with Crippen molar-refractivity contribution in [2.45, 2.75) is 57.7 Å². The van der Waals surface area contributed by atoms with Crippen molar-refractivity contribution in [2.24, 2.45) is 0 Å². The maximum atomic E-state index is 12.3. The number of carbonyl (C=O) groups excluding carboxylic acids is 1. The molecule has 2 rings (SSSR count). The molecule has 0 unspecified atom stereocenters. The van der Waals surface area contributed by atoms with Crippen LogP contribution in [0.25, 0.3) is 0 Å². The topological polar surface area (TPSA) is 54.3 Å². The van der Waals surface area contributed by atoms with Gasteiger partial charge in [-0.1, -0.05) is 24.4 Å². The molecule has 0 aromatic carbocycles. The van der Waals surface area contributed by atoms with Crippen LogP contribution in [-0.2, 0) is 0 Å². The molecule has 1 aromatic heterocycles. The summed E-state index contributed by atoms with van der Waals surface area (Å²) in [6, 6.07) is 1.70. The van der Waals surface area contributed by atoms with Crippen molar-refractivity contribution in [3.05, 3.63) is 23.0 Å². The number of nitrogens with one attached hydrogen (secondary N) is 1. The van der Waals surface area contributed by atoms with Crippen LogP contribution in [0.15, 0.2) is 12.3 Å². The van der Waals surface area contributed by atoms with Gasteiger partial charge in [0.15, 0.2) is 0 Å². The number of hydrogen-bond acceptors (Lipinski definition) is 2. The third-order valence-corrected chi connectivity index (χ3v) is 3.86. The van der Waals surface area contributed by atoms with Gasteiger partial charge in [0.1, 0.15) is 5.69 Å². The summed E-state index contributed by atoms with van der Waals surface area (Å²) in [5.41, 5.74) is 0.553. The predicted octanol–water partition coefficient (Wildman–Crippen LogP) is 2.76. The highest BCUT2D eigenvalue weighted by atomic mass is 35.5. The normalized spacial score (nSPS) is 23.6. The summed E-state index contributed by atoms with van der Waals surface area (Å²) < 4.78 is 1.85. The number of halogens is 1. The average molecular weight is 285 g/mol. The first-order valence-electron chi connectivity index (χ1n) is 6.85. The molecule has 1 aliphatic rings. The summed E-state index contributed by atoms with van der Waals surface area (Å²) in [7, 11) is 0. The van der Waals surface area contributed by atoms with E-state index in [9.17, 15) is 9.90 Å². The summed E-state index contributed by atoms with van der Waals surface area (Å²) in [5, 5.41) is 13.4. The van der Waals surface area contributed by atoms with E-state index in [0.717, 1.165) is 25.7 Å². The number of aromatic nitrogens is 1. The van der Waals surface area contributed by atoms with Crippen LogP contribution in [0.3, 0.4) is 0 Å². The number of rotatable bonds is 3. The lowest BCUT2D eigenvalue weighted by Gasteiger charge is -2.28. The predicted molar refractivity (Wildman–Crippen MR) is 75.6 cm³/mol. The summed E-state index contributed by atoms with van der Waals surface area (Å²) >= 11 is 5.97. The van der Waals surface area contributed by atoms with E-state index >= 15 is 0 Å². The van der Waals surface area contributed by atoms with E-state index in [-0.39, 0.29) is 18.0 Å². The zero-order chi connectivity index (χ0) is 14.0. The first-order chi connectivity index (χ1) is 8.99. The molecular weight excluding hydrogens is 264 g/mol. The Kier molecular flexibility index (Phi) is 4.53. The van der Waals surface area contributed by atoms with Gasteiger partial charge in [-0.25, -0.2) is 0 Å². The Hall–Kier alpha value is -1.00. The molecule has 0 radical (unpaired) electrons. The van der Waals surface area contributed by atoms with Crippen LogP contribution in [0.4, 0.5) is 0 Å². The second kappa shape index (κ2) is 5.97. The summed E-state index contributed by atoms with van der Waals surface area (Å²) in [4.78, 5) is 12.3. The van der Waals surface area contributed by atoms with Gasteiger partial charge in [0.05, 0.1) is 17.2 Å². The van der Waals surface area contributed by atoms with E-state index in [2.05, 4.69) is 5.32 Å². The first kappa shape index (κ1) is 14.4. The van der Waals surface area contributed by atoms with E-state index in [1.807, 2.05) is 18.4 Å². The highest BCUT2D eigenvalue weighted by Gasteiger charge is 2.26. The van der Waals surface area contributed by atoms with Crippen molar-refractivity contribution in [3.63, 3.8) is 0 Å². The fourth-order valence-electron chi connectivity index (χ4n) is 2.58. The molecule has 1 fully saturated rings. The van der Waals surface area contributed by atoms with E-state index in [0.29, 0.717) is 10.7 Å². The fourth-order valence-corrected chi connectivity index (χ4v) is 2.79. The second-order valence-electron chi connectivity index (χ2n) is 5.48. The number of amides is 1. The molecule has 5 heteroatoms. The fraction of sp³-hybridized carbons (Fsp3) is 0.643. The summed E-state index contributed by atoms with van der Waals surface area (Å²) in [6.07, 6.45) is 5.00. The Bertz CT molecular complexity index is 456. The molecule has 1 saturated carbocycles. The number of hydrogen-bond donors (Lipinski definition) is 2. The standard InChI is InChI=1S/C14H21ClN2O2/c1-9(2)17-8-10(15)7-12(17)14(19)16-11-5-3-4-6-13(11)18/h7-9,11,13,18H,3-6H2,1-2H3,(H,16,19)/t11-,13-/m0/s1. The Balaban J connectivity index is 2.11. The van der Waals surface area contributed by atoms with Gasteiger partial charge in [-0.15, -0.1) is 0 Å². The average Bonchev–Trinajstić information content (AvgIpc) is 2.74. The minimum Gasteiger partial charge on any atom is -0.391 e. The second-order valence-corrected chi connectivity index (χ2v) is 5.91. The molecule has 1 amide bonds. The molecule has 19 heavy (non-hydrogen) atoms. The van der Waals surface area contributed by atoms with Gasteiger partial charge >= 0.3 is 0 Å². The van der Waals surface area contributed by atoms with Gasteiger partial charge in [0.2, 0.25) is 0 Å². The molecule has 4 nitrogen and oxygen atoms in total. The van der Waals surface area contributed by atoms with Crippen molar-refractivity contribution in [1.29, 1.82) is 0 Å². The lowest BCUT2D eigenvalue weighted by Crippen LogP contribution is -2.45. The number of aliphatic hydroxyl groups is 1.